The van der Waals surface area contributed by atoms with Crippen molar-refractivity contribution in [2.45, 2.75) is 32.4 Å². The number of nitrogens with two attached hydrogens (primary N) is 1. The molecule has 1 aromatic heterocycles. The Labute approximate surface area is 90.8 Å². The average Bonchev–Trinajstić information content (AvgIpc) is 2.27. The van der Waals surface area contributed by atoms with E-state index in [1.165, 1.54) is 0 Å². The van der Waals surface area contributed by atoms with Crippen LogP contribution in [0.25, 0.3) is 0 Å². The molecule has 0 aliphatic carbocycles. The minimum atomic E-state index is 0.0908. The van der Waals surface area contributed by atoms with E-state index in [0.29, 0.717) is 0 Å². The van der Waals surface area contributed by atoms with Crippen molar-refractivity contribution in [1.29, 1.82) is 0 Å². The highest BCUT2D eigenvalue weighted by Gasteiger charge is 2.13. The van der Waals surface area contributed by atoms with Gasteiger partial charge in [0.15, 0.2) is 0 Å². The Morgan fingerprint density at radius 1 is 1.53 bits per heavy atom. The van der Waals surface area contributed by atoms with Crippen molar-refractivity contribution in [3.8, 4) is 0 Å². The smallest absolute Gasteiger partial charge is 0.0561 e. The van der Waals surface area contributed by atoms with Gasteiger partial charge in [-0.15, -0.1) is 0 Å². The standard InChI is InChI=1S/C11H19N3O/c1-8-4-5-10(7-13-8)11(14-12)6-9(2)15-3/h4-5,7,9,11,14H,6,12H2,1-3H3. The lowest BCUT2D eigenvalue weighted by Gasteiger charge is -2.19. The molecule has 0 spiro atoms. The summed E-state index contributed by atoms with van der Waals surface area (Å²) in [4.78, 5) is 4.24. The predicted octanol–water partition coefficient (Wildman–Crippen LogP) is 1.32. The van der Waals surface area contributed by atoms with Crippen LogP contribution in [0, 0.1) is 6.92 Å². The molecule has 0 saturated heterocycles. The summed E-state index contributed by atoms with van der Waals surface area (Å²) in [6, 6.07) is 4.11. The van der Waals surface area contributed by atoms with Gasteiger partial charge < -0.3 is 4.74 Å². The molecule has 0 bridgehead atoms. The summed E-state index contributed by atoms with van der Waals surface area (Å²) >= 11 is 0. The van der Waals surface area contributed by atoms with Crippen LogP contribution in [-0.4, -0.2) is 18.2 Å². The number of nitrogens with one attached hydrogen (secondary N) is 1. The second-order valence-corrected chi connectivity index (χ2v) is 3.73. The molecule has 1 rings (SSSR count). The zero-order valence-electron chi connectivity index (χ0n) is 9.53. The molecule has 0 fully saturated rings. The first kappa shape index (κ1) is 12.1. The van der Waals surface area contributed by atoms with Crippen LogP contribution in [0.15, 0.2) is 18.3 Å². The Morgan fingerprint density at radius 2 is 2.27 bits per heavy atom. The van der Waals surface area contributed by atoms with Gasteiger partial charge in [-0.3, -0.25) is 16.3 Å². The van der Waals surface area contributed by atoms with Crippen molar-refractivity contribution in [3.05, 3.63) is 29.6 Å². The van der Waals surface area contributed by atoms with Crippen molar-refractivity contribution >= 4 is 0 Å². The number of hydrogen-bond acceptors (Lipinski definition) is 4. The van der Waals surface area contributed by atoms with Gasteiger partial charge in [0.25, 0.3) is 0 Å². The Hall–Kier alpha value is -0.970. The highest BCUT2D eigenvalue weighted by Crippen LogP contribution is 2.17. The fraction of sp³-hybridized carbons (Fsp3) is 0.545. The molecule has 0 aliphatic heterocycles. The van der Waals surface area contributed by atoms with Gasteiger partial charge in [0, 0.05) is 25.0 Å². The number of ether oxygens (including phenoxy) is 1. The van der Waals surface area contributed by atoms with E-state index in [-0.39, 0.29) is 12.1 Å². The Kier molecular flexibility index (Phi) is 4.68. The molecule has 84 valence electrons. The van der Waals surface area contributed by atoms with E-state index in [0.717, 1.165) is 17.7 Å². The van der Waals surface area contributed by atoms with E-state index in [4.69, 9.17) is 10.6 Å². The summed E-state index contributed by atoms with van der Waals surface area (Å²) in [6.45, 7) is 3.98. The number of hydrogen-bond donors (Lipinski definition) is 2. The monoisotopic (exact) mass is 209 g/mol. The zero-order chi connectivity index (χ0) is 11.3. The van der Waals surface area contributed by atoms with Gasteiger partial charge in [-0.2, -0.15) is 0 Å². The lowest BCUT2D eigenvalue weighted by molar-refractivity contribution is 0.100. The quantitative estimate of drug-likeness (QED) is 0.567. The van der Waals surface area contributed by atoms with Crippen molar-refractivity contribution in [3.63, 3.8) is 0 Å². The summed E-state index contributed by atoms with van der Waals surface area (Å²) in [5, 5.41) is 0. The molecule has 0 aromatic carbocycles. The molecule has 2 unspecified atom stereocenters. The molecule has 4 heteroatoms. The third-order valence-corrected chi connectivity index (χ3v) is 2.51. The van der Waals surface area contributed by atoms with Crippen LogP contribution < -0.4 is 11.3 Å². The summed E-state index contributed by atoms with van der Waals surface area (Å²) < 4.78 is 5.21. The van der Waals surface area contributed by atoms with E-state index >= 15 is 0 Å². The molecule has 0 aliphatic rings. The van der Waals surface area contributed by atoms with Crippen LogP contribution in [0.3, 0.4) is 0 Å². The van der Waals surface area contributed by atoms with Crippen molar-refractivity contribution in [2.24, 2.45) is 5.84 Å². The Balaban J connectivity index is 2.69. The molecule has 0 saturated carbocycles. The molecule has 1 aromatic rings. The van der Waals surface area contributed by atoms with Gasteiger partial charge in [-0.1, -0.05) is 6.07 Å². The van der Waals surface area contributed by atoms with Crippen LogP contribution in [-0.2, 0) is 4.74 Å². The third-order valence-electron chi connectivity index (χ3n) is 2.51. The van der Waals surface area contributed by atoms with Crippen molar-refractivity contribution in [1.82, 2.24) is 10.4 Å². The van der Waals surface area contributed by atoms with Crippen LogP contribution >= 0.6 is 0 Å². The lowest BCUT2D eigenvalue weighted by Crippen LogP contribution is -2.30. The summed E-state index contributed by atoms with van der Waals surface area (Å²) in [5.41, 5.74) is 4.88. The van der Waals surface area contributed by atoms with Gasteiger partial charge in [0.05, 0.1) is 6.10 Å². The number of nitrogens with zero attached hydrogens (tertiary/aromatic N) is 1. The number of methoxy groups -OCH3 is 1. The number of aryl methyl sites for hydroxylation is 1. The molecular formula is C11H19N3O. The molecule has 4 nitrogen and oxygen atoms in total. The maximum absolute atomic E-state index is 5.51. The molecule has 2 atom stereocenters. The largest absolute Gasteiger partial charge is 0.382 e. The Bertz CT molecular complexity index is 286. The van der Waals surface area contributed by atoms with Crippen molar-refractivity contribution in [2.75, 3.05) is 7.11 Å². The van der Waals surface area contributed by atoms with Crippen LogP contribution in [0.2, 0.25) is 0 Å². The number of pyridine rings is 1. The number of hydrazine groups is 1. The second-order valence-electron chi connectivity index (χ2n) is 3.73. The number of aromatic nitrogens is 1. The fourth-order valence-corrected chi connectivity index (χ4v) is 1.41. The maximum Gasteiger partial charge on any atom is 0.0561 e. The van der Waals surface area contributed by atoms with Crippen LogP contribution in [0.1, 0.15) is 30.6 Å². The number of rotatable bonds is 5. The maximum atomic E-state index is 5.51. The van der Waals surface area contributed by atoms with Crippen LogP contribution in [0.4, 0.5) is 0 Å². The lowest BCUT2D eigenvalue weighted by atomic mass is 10.0. The van der Waals surface area contributed by atoms with Gasteiger partial charge in [-0.25, -0.2) is 0 Å². The highest BCUT2D eigenvalue weighted by atomic mass is 16.5. The Morgan fingerprint density at radius 3 is 2.73 bits per heavy atom. The second kappa shape index (κ2) is 5.80. The predicted molar refractivity (Wildman–Crippen MR) is 60.1 cm³/mol. The summed E-state index contributed by atoms with van der Waals surface area (Å²) in [5.74, 6) is 5.51. The summed E-state index contributed by atoms with van der Waals surface area (Å²) in [7, 11) is 1.70. The van der Waals surface area contributed by atoms with Crippen LogP contribution in [0.5, 0.6) is 0 Å². The molecule has 0 radical (unpaired) electrons. The highest BCUT2D eigenvalue weighted by molar-refractivity contribution is 5.17. The van der Waals surface area contributed by atoms with E-state index in [1.807, 2.05) is 32.2 Å². The van der Waals surface area contributed by atoms with Gasteiger partial charge in [0.2, 0.25) is 0 Å². The molecule has 15 heavy (non-hydrogen) atoms. The fourth-order valence-electron chi connectivity index (χ4n) is 1.41. The van der Waals surface area contributed by atoms with E-state index < -0.39 is 0 Å². The SMILES string of the molecule is COC(C)CC(NN)c1ccc(C)nc1. The van der Waals surface area contributed by atoms with Gasteiger partial charge >= 0.3 is 0 Å². The average molecular weight is 209 g/mol. The first-order valence-electron chi connectivity index (χ1n) is 5.08. The van der Waals surface area contributed by atoms with E-state index in [9.17, 15) is 0 Å². The van der Waals surface area contributed by atoms with Gasteiger partial charge in [0.1, 0.15) is 0 Å². The van der Waals surface area contributed by atoms with E-state index in [1.54, 1.807) is 7.11 Å². The first-order valence-corrected chi connectivity index (χ1v) is 5.08. The summed E-state index contributed by atoms with van der Waals surface area (Å²) in [6.07, 6.45) is 2.85. The topological polar surface area (TPSA) is 60.2 Å². The van der Waals surface area contributed by atoms with Gasteiger partial charge in [-0.05, 0) is 31.9 Å². The minimum absolute atomic E-state index is 0.0908. The zero-order valence-corrected chi connectivity index (χ0v) is 9.53. The molecule has 0 amide bonds. The molecule has 3 N–H and O–H groups in total. The van der Waals surface area contributed by atoms with Crippen molar-refractivity contribution < 1.29 is 4.74 Å². The first-order chi connectivity index (χ1) is 7.17. The molecular weight excluding hydrogens is 190 g/mol. The third kappa shape index (κ3) is 3.58. The normalized spacial score (nSPS) is 14.9. The minimum Gasteiger partial charge on any atom is -0.382 e. The van der Waals surface area contributed by atoms with E-state index in [2.05, 4.69) is 10.4 Å². The molecule has 1 heterocycles.